The number of nitrogens with zero attached hydrogens (tertiary/aromatic N) is 5. The quantitative estimate of drug-likeness (QED) is 0.525. The van der Waals surface area contributed by atoms with Gasteiger partial charge in [0.1, 0.15) is 17.5 Å². The molecule has 6 nitrogen and oxygen atoms in total. The maximum atomic E-state index is 14.8. The van der Waals surface area contributed by atoms with Crippen molar-refractivity contribution in [3.05, 3.63) is 60.2 Å². The van der Waals surface area contributed by atoms with Gasteiger partial charge in [-0.1, -0.05) is 19.1 Å². The van der Waals surface area contributed by atoms with E-state index in [1.165, 1.54) is 22.9 Å². The topological polar surface area (TPSA) is 72.9 Å². The van der Waals surface area contributed by atoms with E-state index in [1.54, 1.807) is 30.3 Å². The fourth-order valence-electron chi connectivity index (χ4n) is 3.98. The molecule has 0 amide bonds. The van der Waals surface area contributed by atoms with Crippen molar-refractivity contribution in [3.8, 4) is 16.9 Å². The summed E-state index contributed by atoms with van der Waals surface area (Å²) in [5, 5.41) is 5.04. The van der Waals surface area contributed by atoms with Crippen LogP contribution in [0.2, 0.25) is 0 Å². The normalized spacial score (nSPS) is 15.0. The number of rotatable bonds is 3. The minimum Gasteiger partial charge on any atom is -0.383 e. The van der Waals surface area contributed by atoms with E-state index in [1.807, 2.05) is 0 Å². The van der Waals surface area contributed by atoms with Gasteiger partial charge in [0.15, 0.2) is 5.65 Å². The van der Waals surface area contributed by atoms with Crippen LogP contribution < -0.4 is 10.6 Å². The number of nitrogen functional groups attached to an aromatic ring is 1. The van der Waals surface area contributed by atoms with E-state index in [0.717, 1.165) is 25.9 Å². The molecule has 1 aliphatic heterocycles. The standard InChI is InChI=1S/C23H22F2N6/c1-14-10-12-30(13-11-14)23-27-20(17-4-2-3-5-18(17)25)19-21(26)31(29-22(19)28-23)16-8-6-15(24)7-9-16/h2-9,14H,10-13,26H2,1H3. The van der Waals surface area contributed by atoms with Crippen molar-refractivity contribution in [2.24, 2.45) is 5.92 Å². The Hall–Kier alpha value is -3.55. The van der Waals surface area contributed by atoms with E-state index in [-0.39, 0.29) is 11.6 Å². The largest absolute Gasteiger partial charge is 0.383 e. The maximum Gasteiger partial charge on any atom is 0.228 e. The van der Waals surface area contributed by atoms with Gasteiger partial charge in [-0.2, -0.15) is 4.98 Å². The first-order valence-electron chi connectivity index (χ1n) is 10.3. The summed E-state index contributed by atoms with van der Waals surface area (Å²) in [6.45, 7) is 3.90. The van der Waals surface area contributed by atoms with Gasteiger partial charge in [0.2, 0.25) is 5.95 Å². The lowest BCUT2D eigenvalue weighted by molar-refractivity contribution is 0.434. The van der Waals surface area contributed by atoms with E-state index in [9.17, 15) is 8.78 Å². The maximum absolute atomic E-state index is 14.8. The summed E-state index contributed by atoms with van der Waals surface area (Å²) in [6, 6.07) is 12.3. The Kier molecular flexibility index (Phi) is 4.77. The molecule has 8 heteroatoms. The molecule has 0 bridgehead atoms. The minimum absolute atomic E-state index is 0.277. The van der Waals surface area contributed by atoms with Crippen molar-refractivity contribution >= 4 is 22.8 Å². The lowest BCUT2D eigenvalue weighted by Gasteiger charge is -2.30. The number of hydrogen-bond acceptors (Lipinski definition) is 5. The fraction of sp³-hybridized carbons (Fsp3) is 0.261. The zero-order valence-corrected chi connectivity index (χ0v) is 17.1. The minimum atomic E-state index is -0.394. The Morgan fingerprint density at radius 3 is 2.39 bits per heavy atom. The Balaban J connectivity index is 1.73. The third-order valence-electron chi connectivity index (χ3n) is 5.82. The molecule has 1 fully saturated rings. The Bertz CT molecular complexity index is 1240. The van der Waals surface area contributed by atoms with Gasteiger partial charge >= 0.3 is 0 Å². The second-order valence-electron chi connectivity index (χ2n) is 7.99. The smallest absolute Gasteiger partial charge is 0.228 e. The lowest BCUT2D eigenvalue weighted by Crippen LogP contribution is -2.34. The summed E-state index contributed by atoms with van der Waals surface area (Å²) < 4.78 is 29.6. The van der Waals surface area contributed by atoms with Crippen LogP contribution in [0.4, 0.5) is 20.5 Å². The number of halogens is 2. The first-order valence-corrected chi connectivity index (χ1v) is 10.3. The Labute approximate surface area is 178 Å². The third-order valence-corrected chi connectivity index (χ3v) is 5.82. The summed E-state index contributed by atoms with van der Waals surface area (Å²) >= 11 is 0. The number of anilines is 2. The van der Waals surface area contributed by atoms with E-state index in [4.69, 9.17) is 10.7 Å². The van der Waals surface area contributed by atoms with Crippen molar-refractivity contribution in [1.82, 2.24) is 19.7 Å². The van der Waals surface area contributed by atoms with E-state index < -0.39 is 5.82 Å². The summed E-state index contributed by atoms with van der Waals surface area (Å²) in [7, 11) is 0. The molecule has 2 N–H and O–H groups in total. The molecule has 0 spiro atoms. The van der Waals surface area contributed by atoms with Crippen LogP contribution in [0, 0.1) is 17.6 Å². The predicted molar refractivity (Wildman–Crippen MR) is 117 cm³/mol. The molecule has 31 heavy (non-hydrogen) atoms. The number of piperidine rings is 1. The first-order chi connectivity index (χ1) is 15.0. The average Bonchev–Trinajstić information content (AvgIpc) is 3.11. The first kappa shape index (κ1) is 19.4. The zero-order chi connectivity index (χ0) is 21.5. The molecule has 0 atom stereocenters. The van der Waals surface area contributed by atoms with Crippen molar-refractivity contribution < 1.29 is 8.78 Å². The zero-order valence-electron chi connectivity index (χ0n) is 17.1. The monoisotopic (exact) mass is 420 g/mol. The van der Waals surface area contributed by atoms with Crippen molar-refractivity contribution in [3.63, 3.8) is 0 Å². The number of benzene rings is 2. The number of nitrogens with two attached hydrogens (primary N) is 1. The molecule has 1 aliphatic rings. The second kappa shape index (κ2) is 7.61. The lowest BCUT2D eigenvalue weighted by atomic mass is 9.99. The van der Waals surface area contributed by atoms with Crippen molar-refractivity contribution in [2.45, 2.75) is 19.8 Å². The number of fused-ring (bicyclic) bond motifs is 1. The van der Waals surface area contributed by atoms with Gasteiger partial charge in [-0.15, -0.1) is 5.10 Å². The molecule has 2 aromatic carbocycles. The molecular weight excluding hydrogens is 398 g/mol. The van der Waals surface area contributed by atoms with Crippen molar-refractivity contribution in [2.75, 3.05) is 23.7 Å². The molecule has 158 valence electrons. The summed E-state index contributed by atoms with van der Waals surface area (Å²) in [6.07, 6.45) is 2.09. The molecule has 4 aromatic rings. The van der Waals surface area contributed by atoms with Crippen LogP contribution >= 0.6 is 0 Å². The summed E-state index contributed by atoms with van der Waals surface area (Å²) in [4.78, 5) is 11.5. The molecule has 5 rings (SSSR count). The molecular formula is C23H22F2N6. The van der Waals surface area contributed by atoms with Gasteiger partial charge in [-0.3, -0.25) is 0 Å². The second-order valence-corrected chi connectivity index (χ2v) is 7.99. The molecule has 0 radical (unpaired) electrons. The number of hydrogen-bond donors (Lipinski definition) is 1. The van der Waals surface area contributed by atoms with Gasteiger partial charge in [0.25, 0.3) is 0 Å². The highest BCUT2D eigenvalue weighted by Gasteiger charge is 2.24. The van der Waals surface area contributed by atoms with Crippen LogP contribution in [0.1, 0.15) is 19.8 Å². The van der Waals surface area contributed by atoms with E-state index >= 15 is 0 Å². The van der Waals surface area contributed by atoms with Crippen LogP contribution in [-0.2, 0) is 0 Å². The molecule has 3 heterocycles. The highest BCUT2D eigenvalue weighted by Crippen LogP contribution is 2.35. The fourth-order valence-corrected chi connectivity index (χ4v) is 3.98. The Morgan fingerprint density at radius 2 is 1.68 bits per heavy atom. The molecule has 1 saturated heterocycles. The van der Waals surface area contributed by atoms with E-state index in [2.05, 4.69) is 21.9 Å². The number of aromatic nitrogens is 4. The molecule has 0 aliphatic carbocycles. The summed E-state index contributed by atoms with van der Waals surface area (Å²) in [5.74, 6) is 0.696. The van der Waals surface area contributed by atoms with Crippen LogP contribution in [0.15, 0.2) is 48.5 Å². The van der Waals surface area contributed by atoms with Gasteiger partial charge in [0.05, 0.1) is 16.8 Å². The van der Waals surface area contributed by atoms with Gasteiger partial charge < -0.3 is 10.6 Å². The van der Waals surface area contributed by atoms with E-state index in [0.29, 0.717) is 39.8 Å². The molecule has 2 aromatic heterocycles. The van der Waals surface area contributed by atoms with Crippen LogP contribution in [0.3, 0.4) is 0 Å². The highest BCUT2D eigenvalue weighted by molar-refractivity contribution is 5.99. The van der Waals surface area contributed by atoms with Gasteiger partial charge in [-0.25, -0.2) is 18.4 Å². The van der Waals surface area contributed by atoms with Crippen LogP contribution in [-0.4, -0.2) is 32.8 Å². The van der Waals surface area contributed by atoms with Crippen LogP contribution in [0.5, 0.6) is 0 Å². The van der Waals surface area contributed by atoms with Gasteiger partial charge in [0, 0.05) is 18.7 Å². The van der Waals surface area contributed by atoms with Crippen molar-refractivity contribution in [1.29, 1.82) is 0 Å². The Morgan fingerprint density at radius 1 is 0.968 bits per heavy atom. The van der Waals surface area contributed by atoms with Crippen LogP contribution in [0.25, 0.3) is 28.0 Å². The molecule has 0 saturated carbocycles. The molecule has 0 unspecified atom stereocenters. The SMILES string of the molecule is CC1CCN(c2nc(-c3ccccc3F)c3c(N)n(-c4ccc(F)cc4)nc3n2)CC1. The highest BCUT2D eigenvalue weighted by atomic mass is 19.1. The predicted octanol–water partition coefficient (Wildman–Crippen LogP) is 4.58. The summed E-state index contributed by atoms with van der Waals surface area (Å²) in [5.41, 5.74) is 8.15. The third kappa shape index (κ3) is 3.48. The average molecular weight is 420 g/mol. The van der Waals surface area contributed by atoms with Gasteiger partial charge in [-0.05, 0) is 55.2 Å².